The number of nitrogens with one attached hydrogen (secondary N) is 2. The molecule has 0 saturated carbocycles. The van der Waals surface area contributed by atoms with Gasteiger partial charge in [-0.3, -0.25) is 11.3 Å². The van der Waals surface area contributed by atoms with E-state index < -0.39 is 10.0 Å². The molecule has 4 N–H and O–H groups in total. The minimum absolute atomic E-state index is 0.272. The highest BCUT2D eigenvalue weighted by atomic mass is 32.2. The summed E-state index contributed by atoms with van der Waals surface area (Å²) in [7, 11) is -3.52. The Kier molecular flexibility index (Phi) is 4.07. The van der Waals surface area contributed by atoms with E-state index in [0.29, 0.717) is 23.5 Å². The van der Waals surface area contributed by atoms with Gasteiger partial charge < -0.3 is 4.98 Å². The summed E-state index contributed by atoms with van der Waals surface area (Å²) in [6, 6.07) is 9.66. The molecule has 1 aliphatic heterocycles. The number of nitrogens with two attached hydrogens (primary N) is 1. The summed E-state index contributed by atoms with van der Waals surface area (Å²) in [4.78, 5) is 3.40. The number of fused-ring (bicyclic) bond motifs is 2. The number of halogens is 1. The van der Waals surface area contributed by atoms with Gasteiger partial charge in [0.25, 0.3) is 0 Å². The first-order valence-electron chi connectivity index (χ1n) is 8.30. The fourth-order valence-corrected chi connectivity index (χ4v) is 5.47. The van der Waals surface area contributed by atoms with E-state index in [9.17, 15) is 12.8 Å². The van der Waals surface area contributed by atoms with Crippen LogP contribution in [0.3, 0.4) is 0 Å². The zero-order valence-electron chi connectivity index (χ0n) is 14.2. The van der Waals surface area contributed by atoms with E-state index in [1.807, 2.05) is 19.2 Å². The topological polar surface area (TPSA) is 91.2 Å². The van der Waals surface area contributed by atoms with E-state index in [-0.39, 0.29) is 11.9 Å². The van der Waals surface area contributed by atoms with Crippen LogP contribution in [-0.4, -0.2) is 30.8 Å². The summed E-state index contributed by atoms with van der Waals surface area (Å²) in [5.41, 5.74) is 5.77. The average molecular weight is 374 g/mol. The lowest BCUT2D eigenvalue weighted by Gasteiger charge is -2.19. The first-order chi connectivity index (χ1) is 12.4. The van der Waals surface area contributed by atoms with Crippen molar-refractivity contribution in [3.05, 3.63) is 54.0 Å². The van der Waals surface area contributed by atoms with Crippen LogP contribution < -0.4 is 11.3 Å². The van der Waals surface area contributed by atoms with Crippen LogP contribution in [0.5, 0.6) is 0 Å². The van der Waals surface area contributed by atoms with Gasteiger partial charge >= 0.3 is 0 Å². The van der Waals surface area contributed by atoms with Crippen molar-refractivity contribution < 1.29 is 12.8 Å². The Morgan fingerprint density at radius 3 is 2.85 bits per heavy atom. The van der Waals surface area contributed by atoms with Crippen LogP contribution in [0.15, 0.2) is 47.5 Å². The molecular weight excluding hydrogens is 355 g/mol. The van der Waals surface area contributed by atoms with Gasteiger partial charge in [0.1, 0.15) is 5.82 Å². The molecule has 0 aliphatic carbocycles. The van der Waals surface area contributed by atoms with Crippen LogP contribution in [0.25, 0.3) is 22.0 Å². The Hall–Kier alpha value is -2.26. The quantitative estimate of drug-likeness (QED) is 0.483. The number of hydrogen-bond donors (Lipinski definition) is 3. The van der Waals surface area contributed by atoms with Gasteiger partial charge in [-0.15, -0.1) is 0 Å². The second-order valence-corrected chi connectivity index (χ2v) is 8.25. The zero-order valence-corrected chi connectivity index (χ0v) is 15.0. The summed E-state index contributed by atoms with van der Waals surface area (Å²) in [6.45, 7) is 2.54. The Balaban J connectivity index is 1.80. The minimum atomic E-state index is -3.52. The Labute approximate surface area is 150 Å². The molecule has 4 rings (SSSR count). The molecule has 136 valence electrons. The summed E-state index contributed by atoms with van der Waals surface area (Å²) in [5, 5.41) is 0.893. The van der Waals surface area contributed by atoms with Gasteiger partial charge in [-0.05, 0) is 48.4 Å². The van der Waals surface area contributed by atoms with Crippen LogP contribution in [0.2, 0.25) is 0 Å². The van der Waals surface area contributed by atoms with Crippen molar-refractivity contribution in [2.45, 2.75) is 17.9 Å². The van der Waals surface area contributed by atoms with Crippen molar-refractivity contribution in [3.8, 4) is 11.1 Å². The number of aromatic amines is 1. The van der Waals surface area contributed by atoms with E-state index in [0.717, 1.165) is 22.1 Å². The summed E-state index contributed by atoms with van der Waals surface area (Å²) >= 11 is 0. The predicted octanol–water partition coefficient (Wildman–Crippen LogP) is 2.50. The lowest BCUT2D eigenvalue weighted by atomic mass is 9.99. The van der Waals surface area contributed by atoms with Gasteiger partial charge in [-0.2, -0.15) is 4.31 Å². The van der Waals surface area contributed by atoms with Crippen LogP contribution in [0.1, 0.15) is 18.5 Å². The smallest absolute Gasteiger partial charge is 0.244 e. The van der Waals surface area contributed by atoms with Crippen LogP contribution in [-0.2, 0) is 10.0 Å². The number of hydrogen-bond acceptors (Lipinski definition) is 4. The second kappa shape index (κ2) is 6.17. The van der Waals surface area contributed by atoms with Crippen LogP contribution >= 0.6 is 0 Å². The lowest BCUT2D eigenvalue weighted by molar-refractivity contribution is 0.357. The molecule has 1 aliphatic rings. The largest absolute Gasteiger partial charge is 0.360 e. The molecular formula is C18H19FN4O2S. The first kappa shape index (κ1) is 17.2. The van der Waals surface area contributed by atoms with Gasteiger partial charge in [0.15, 0.2) is 0 Å². The molecule has 0 amide bonds. The third-order valence-corrected chi connectivity index (χ3v) is 6.95. The van der Waals surface area contributed by atoms with E-state index >= 15 is 0 Å². The lowest BCUT2D eigenvalue weighted by Crippen LogP contribution is -2.36. The molecule has 3 aromatic rings. The molecule has 1 atom stereocenters. The van der Waals surface area contributed by atoms with E-state index in [1.165, 1.54) is 16.4 Å². The molecule has 0 spiro atoms. The summed E-state index contributed by atoms with van der Waals surface area (Å²) in [5.74, 6) is 4.99. The number of hydrazine groups is 1. The maximum atomic E-state index is 13.4. The van der Waals surface area contributed by atoms with Crippen molar-refractivity contribution in [3.63, 3.8) is 0 Å². The maximum absolute atomic E-state index is 13.4. The molecule has 1 aromatic heterocycles. The van der Waals surface area contributed by atoms with Crippen molar-refractivity contribution in [1.82, 2.24) is 14.7 Å². The predicted molar refractivity (Wildman–Crippen MR) is 98.2 cm³/mol. The van der Waals surface area contributed by atoms with Gasteiger partial charge in [-0.25, -0.2) is 12.8 Å². The molecule has 0 saturated heterocycles. The van der Waals surface area contributed by atoms with Crippen molar-refractivity contribution in [2.24, 2.45) is 5.84 Å². The highest BCUT2D eigenvalue weighted by Gasteiger charge is 2.39. The van der Waals surface area contributed by atoms with E-state index in [4.69, 9.17) is 5.84 Å². The Bertz CT molecular complexity index is 1090. The maximum Gasteiger partial charge on any atom is 0.244 e. The van der Waals surface area contributed by atoms with E-state index in [2.05, 4.69) is 10.4 Å². The average Bonchev–Trinajstić information content (AvgIpc) is 3.11. The molecule has 26 heavy (non-hydrogen) atoms. The Morgan fingerprint density at radius 1 is 1.27 bits per heavy atom. The van der Waals surface area contributed by atoms with E-state index in [1.54, 1.807) is 18.2 Å². The highest BCUT2D eigenvalue weighted by Crippen LogP contribution is 2.41. The molecule has 2 heterocycles. The molecule has 6 nitrogen and oxygen atoms in total. The summed E-state index contributed by atoms with van der Waals surface area (Å²) in [6.07, 6.45) is 1.82. The van der Waals surface area contributed by atoms with Gasteiger partial charge in [0.2, 0.25) is 10.0 Å². The molecule has 0 bridgehead atoms. The highest BCUT2D eigenvalue weighted by molar-refractivity contribution is 7.89. The van der Waals surface area contributed by atoms with Gasteiger partial charge in [0, 0.05) is 41.8 Å². The number of aromatic nitrogens is 1. The number of H-pyrrole nitrogens is 1. The standard InChI is InChI=1S/C18H19FN4O2S/c1-11-15-8-12(16-10-21-17-9-13(19)3-4-14(16)17)2-5-18(15)26(24,25)23(11)7-6-22-20/h2-5,8-11,21-22H,6-7,20H2,1H3. The monoisotopic (exact) mass is 374 g/mol. The number of rotatable bonds is 4. The molecule has 0 radical (unpaired) electrons. The van der Waals surface area contributed by atoms with Crippen LogP contribution in [0.4, 0.5) is 4.39 Å². The van der Waals surface area contributed by atoms with Gasteiger partial charge in [0.05, 0.1) is 4.90 Å². The molecule has 0 fully saturated rings. The second-order valence-electron chi connectivity index (χ2n) is 6.39. The van der Waals surface area contributed by atoms with Gasteiger partial charge in [-0.1, -0.05) is 6.07 Å². The third-order valence-electron chi connectivity index (χ3n) is 4.91. The third kappa shape index (κ3) is 2.53. The first-order valence-corrected chi connectivity index (χ1v) is 9.74. The van der Waals surface area contributed by atoms with Crippen molar-refractivity contribution in [2.75, 3.05) is 13.1 Å². The normalized spacial score (nSPS) is 19.1. The van der Waals surface area contributed by atoms with Crippen molar-refractivity contribution >= 4 is 20.9 Å². The summed E-state index contributed by atoms with van der Waals surface area (Å²) < 4.78 is 40.4. The number of sulfonamides is 1. The molecule has 2 aromatic carbocycles. The number of benzene rings is 2. The van der Waals surface area contributed by atoms with Crippen LogP contribution in [0, 0.1) is 5.82 Å². The van der Waals surface area contributed by atoms with Crippen molar-refractivity contribution in [1.29, 1.82) is 0 Å². The SMILES string of the molecule is CC1c2cc(-c3c[nH]c4cc(F)ccc34)ccc2S(=O)(=O)N1CCNN. The number of nitrogens with zero attached hydrogens (tertiary/aromatic N) is 1. The zero-order chi connectivity index (χ0) is 18.5. The fourth-order valence-electron chi connectivity index (χ4n) is 3.59. The minimum Gasteiger partial charge on any atom is -0.360 e. The molecule has 8 heteroatoms. The molecule has 1 unspecified atom stereocenters. The Morgan fingerprint density at radius 2 is 2.08 bits per heavy atom. The fraction of sp³-hybridized carbons (Fsp3) is 0.222.